The Labute approximate surface area is 133 Å². The van der Waals surface area contributed by atoms with Gasteiger partial charge in [-0.25, -0.2) is 0 Å². The highest BCUT2D eigenvalue weighted by molar-refractivity contribution is 9.10. The predicted molar refractivity (Wildman–Crippen MR) is 84.0 cm³/mol. The van der Waals surface area contributed by atoms with Crippen LogP contribution >= 0.6 is 27.5 Å². The van der Waals surface area contributed by atoms with Gasteiger partial charge in [-0.05, 0) is 56.1 Å². The maximum atomic E-state index is 11.4. The molecule has 1 saturated heterocycles. The van der Waals surface area contributed by atoms with E-state index in [9.17, 15) is 9.90 Å². The minimum Gasteiger partial charge on any atom is -0.481 e. The molecule has 0 aliphatic carbocycles. The molecule has 1 N–H and O–H groups in total. The Morgan fingerprint density at radius 1 is 1.45 bits per heavy atom. The van der Waals surface area contributed by atoms with Crippen molar-refractivity contribution < 1.29 is 9.90 Å². The van der Waals surface area contributed by atoms with Gasteiger partial charge in [0.2, 0.25) is 0 Å². The van der Waals surface area contributed by atoms with Crippen LogP contribution in [0.3, 0.4) is 0 Å². The minimum absolute atomic E-state index is 0.530. The SMILES string of the molecule is CCC1(C(=O)O)CCN(Cc2cc(Br)ccc2Cl)CC1. The highest BCUT2D eigenvalue weighted by Crippen LogP contribution is 2.36. The van der Waals surface area contributed by atoms with Gasteiger partial charge >= 0.3 is 5.97 Å². The van der Waals surface area contributed by atoms with Crippen molar-refractivity contribution in [3.63, 3.8) is 0 Å². The third-order valence-electron chi connectivity index (χ3n) is 4.35. The Kier molecular flexibility index (Phi) is 5.10. The van der Waals surface area contributed by atoms with E-state index in [1.165, 1.54) is 0 Å². The first-order valence-electron chi connectivity index (χ1n) is 6.86. The highest BCUT2D eigenvalue weighted by Gasteiger charge is 2.39. The van der Waals surface area contributed by atoms with E-state index in [4.69, 9.17) is 11.6 Å². The summed E-state index contributed by atoms with van der Waals surface area (Å²) < 4.78 is 1.02. The molecule has 1 fully saturated rings. The summed E-state index contributed by atoms with van der Waals surface area (Å²) >= 11 is 9.66. The molecule has 1 aliphatic rings. The van der Waals surface area contributed by atoms with Gasteiger partial charge in [0.1, 0.15) is 0 Å². The number of nitrogens with zero attached hydrogens (tertiary/aromatic N) is 1. The molecule has 1 aromatic rings. The largest absolute Gasteiger partial charge is 0.481 e. The molecule has 5 heteroatoms. The first-order valence-corrected chi connectivity index (χ1v) is 8.03. The van der Waals surface area contributed by atoms with Gasteiger partial charge in [0.05, 0.1) is 5.41 Å². The smallest absolute Gasteiger partial charge is 0.309 e. The van der Waals surface area contributed by atoms with Crippen molar-refractivity contribution >= 4 is 33.5 Å². The molecule has 2 rings (SSSR count). The van der Waals surface area contributed by atoms with Crippen molar-refractivity contribution in [2.75, 3.05) is 13.1 Å². The van der Waals surface area contributed by atoms with E-state index < -0.39 is 11.4 Å². The van der Waals surface area contributed by atoms with Crippen LogP contribution in [-0.4, -0.2) is 29.1 Å². The van der Waals surface area contributed by atoms with E-state index >= 15 is 0 Å². The van der Waals surface area contributed by atoms with Gasteiger partial charge in [0.25, 0.3) is 0 Å². The van der Waals surface area contributed by atoms with Gasteiger partial charge in [-0.3, -0.25) is 9.69 Å². The molecule has 1 aromatic carbocycles. The van der Waals surface area contributed by atoms with Crippen LogP contribution in [-0.2, 0) is 11.3 Å². The zero-order valence-corrected chi connectivity index (χ0v) is 13.9. The lowest BCUT2D eigenvalue weighted by Crippen LogP contribution is -2.43. The Morgan fingerprint density at radius 3 is 2.65 bits per heavy atom. The van der Waals surface area contributed by atoms with Crippen LogP contribution in [0.2, 0.25) is 5.02 Å². The molecule has 1 aliphatic heterocycles. The van der Waals surface area contributed by atoms with Crippen LogP contribution in [0.25, 0.3) is 0 Å². The topological polar surface area (TPSA) is 40.5 Å². The zero-order valence-electron chi connectivity index (χ0n) is 11.5. The summed E-state index contributed by atoms with van der Waals surface area (Å²) in [5, 5.41) is 10.2. The Morgan fingerprint density at radius 2 is 2.10 bits per heavy atom. The molecule has 110 valence electrons. The fourth-order valence-corrected chi connectivity index (χ4v) is 3.35. The normalized spacial score (nSPS) is 18.9. The fraction of sp³-hybridized carbons (Fsp3) is 0.533. The highest BCUT2D eigenvalue weighted by atomic mass is 79.9. The number of hydrogen-bond acceptors (Lipinski definition) is 2. The third-order valence-corrected chi connectivity index (χ3v) is 5.21. The van der Waals surface area contributed by atoms with Gasteiger partial charge < -0.3 is 5.11 Å². The molecule has 0 spiro atoms. The number of benzene rings is 1. The summed E-state index contributed by atoms with van der Waals surface area (Å²) in [6.45, 7) is 4.36. The van der Waals surface area contributed by atoms with Crippen molar-refractivity contribution in [1.29, 1.82) is 0 Å². The van der Waals surface area contributed by atoms with Gasteiger partial charge in [-0.2, -0.15) is 0 Å². The van der Waals surface area contributed by atoms with Gasteiger partial charge in [-0.1, -0.05) is 34.5 Å². The zero-order chi connectivity index (χ0) is 14.8. The van der Waals surface area contributed by atoms with E-state index in [2.05, 4.69) is 20.8 Å². The summed E-state index contributed by atoms with van der Waals surface area (Å²) in [7, 11) is 0. The second-order valence-corrected chi connectivity index (χ2v) is 6.77. The van der Waals surface area contributed by atoms with Crippen LogP contribution in [0.1, 0.15) is 31.7 Å². The maximum Gasteiger partial charge on any atom is 0.309 e. The first-order chi connectivity index (χ1) is 9.47. The third kappa shape index (κ3) is 3.35. The number of carbonyl (C=O) groups is 1. The van der Waals surface area contributed by atoms with E-state index in [0.29, 0.717) is 19.3 Å². The Bertz CT molecular complexity index is 499. The van der Waals surface area contributed by atoms with Gasteiger partial charge in [0.15, 0.2) is 0 Å². The monoisotopic (exact) mass is 359 g/mol. The molecule has 0 saturated carbocycles. The standard InChI is InChI=1S/C15H19BrClNO2/c1-2-15(14(19)20)5-7-18(8-6-15)10-11-9-12(16)3-4-13(11)17/h3-4,9H,2,5-8,10H2,1H3,(H,19,20). The summed E-state index contributed by atoms with van der Waals surface area (Å²) in [5.74, 6) is -0.653. The van der Waals surface area contributed by atoms with Crippen molar-refractivity contribution in [2.24, 2.45) is 5.41 Å². The van der Waals surface area contributed by atoms with E-state index in [-0.39, 0.29) is 0 Å². The predicted octanol–water partition coefficient (Wildman–Crippen LogP) is 4.18. The summed E-state index contributed by atoms with van der Waals surface area (Å²) in [6, 6.07) is 5.84. The molecule has 0 amide bonds. The average Bonchev–Trinajstić information content (AvgIpc) is 2.43. The first kappa shape index (κ1) is 15.8. The molecular formula is C15H19BrClNO2. The molecule has 0 radical (unpaired) electrons. The summed E-state index contributed by atoms with van der Waals surface area (Å²) in [4.78, 5) is 13.7. The molecule has 0 unspecified atom stereocenters. The maximum absolute atomic E-state index is 11.4. The number of halogens is 2. The van der Waals surface area contributed by atoms with Gasteiger partial charge in [-0.15, -0.1) is 0 Å². The lowest BCUT2D eigenvalue weighted by Gasteiger charge is -2.38. The van der Waals surface area contributed by atoms with Crippen LogP contribution in [0.15, 0.2) is 22.7 Å². The van der Waals surface area contributed by atoms with E-state index in [0.717, 1.165) is 34.7 Å². The molecule has 0 atom stereocenters. The average molecular weight is 361 g/mol. The molecule has 20 heavy (non-hydrogen) atoms. The number of likely N-dealkylation sites (tertiary alicyclic amines) is 1. The lowest BCUT2D eigenvalue weighted by molar-refractivity contribution is -0.152. The number of hydrogen-bond donors (Lipinski definition) is 1. The van der Waals surface area contributed by atoms with Crippen molar-refractivity contribution in [3.05, 3.63) is 33.3 Å². The van der Waals surface area contributed by atoms with Crippen molar-refractivity contribution in [3.8, 4) is 0 Å². The number of carboxylic acids is 1. The van der Waals surface area contributed by atoms with E-state index in [1.54, 1.807) is 0 Å². The van der Waals surface area contributed by atoms with Crippen LogP contribution in [0, 0.1) is 5.41 Å². The molecule has 1 heterocycles. The van der Waals surface area contributed by atoms with E-state index in [1.807, 2.05) is 25.1 Å². The van der Waals surface area contributed by atoms with Crippen molar-refractivity contribution in [1.82, 2.24) is 4.90 Å². The van der Waals surface area contributed by atoms with Crippen molar-refractivity contribution in [2.45, 2.75) is 32.7 Å². The second-order valence-electron chi connectivity index (χ2n) is 5.45. The quantitative estimate of drug-likeness (QED) is 0.875. The number of aliphatic carboxylic acids is 1. The number of piperidine rings is 1. The molecule has 0 bridgehead atoms. The second kappa shape index (κ2) is 6.46. The lowest BCUT2D eigenvalue weighted by atomic mass is 9.76. The summed E-state index contributed by atoms with van der Waals surface area (Å²) in [5.41, 5.74) is 0.553. The Hall–Kier alpha value is -0.580. The van der Waals surface area contributed by atoms with Crippen LogP contribution in [0.4, 0.5) is 0 Å². The minimum atomic E-state index is -0.653. The fourth-order valence-electron chi connectivity index (χ4n) is 2.76. The van der Waals surface area contributed by atoms with Gasteiger partial charge in [0, 0.05) is 16.0 Å². The molecule has 3 nitrogen and oxygen atoms in total. The molecule has 0 aromatic heterocycles. The number of rotatable bonds is 4. The van der Waals surface area contributed by atoms with Crippen LogP contribution < -0.4 is 0 Å². The van der Waals surface area contributed by atoms with Crippen LogP contribution in [0.5, 0.6) is 0 Å². The number of carboxylic acid groups (broad SMARTS) is 1. The molecular weight excluding hydrogens is 342 g/mol. The Balaban J connectivity index is 2.01. The summed E-state index contributed by atoms with van der Waals surface area (Å²) in [6.07, 6.45) is 2.13.